The fourth-order valence-corrected chi connectivity index (χ4v) is 14.1. The minimum Gasteiger partial charge on any atom is -0.462 e. The summed E-state index contributed by atoms with van der Waals surface area (Å²) in [6.45, 7) is 27.8. The van der Waals surface area contributed by atoms with Gasteiger partial charge in [-0.1, -0.05) is 97.6 Å². The molecular weight excluding hydrogens is 953 g/mol. The van der Waals surface area contributed by atoms with Crippen molar-refractivity contribution in [2.24, 2.45) is 46.8 Å². The third kappa shape index (κ3) is 15.7. The lowest BCUT2D eigenvalue weighted by Crippen LogP contribution is -2.60. The van der Waals surface area contributed by atoms with E-state index in [-0.39, 0.29) is 43.8 Å². The number of carbonyl (C=O) groups is 4. The molecule has 3 N–H and O–H groups in total. The van der Waals surface area contributed by atoms with Gasteiger partial charge in [0, 0.05) is 24.9 Å². The molecule has 0 bridgehead atoms. The van der Waals surface area contributed by atoms with E-state index in [0.29, 0.717) is 37.1 Å². The van der Waals surface area contributed by atoms with E-state index in [2.05, 4.69) is 46.4 Å². The molecule has 0 aromatic heterocycles. The van der Waals surface area contributed by atoms with Gasteiger partial charge in [-0.05, 0) is 161 Å². The number of cyclic esters (lactones) is 1. The van der Waals surface area contributed by atoms with Gasteiger partial charge in [-0.25, -0.2) is 0 Å². The lowest BCUT2D eigenvalue weighted by molar-refractivity contribution is -0.296. The van der Waals surface area contributed by atoms with Crippen LogP contribution in [-0.2, 0) is 42.9 Å². The molecule has 0 spiro atoms. The number of nitrogens with zero attached hydrogens (tertiary/aromatic N) is 2. The largest absolute Gasteiger partial charge is 0.462 e. The van der Waals surface area contributed by atoms with Crippen molar-refractivity contribution in [2.45, 2.75) is 252 Å². The first-order valence-electron chi connectivity index (χ1n) is 29.0. The van der Waals surface area contributed by atoms with Gasteiger partial charge in [-0.15, -0.1) is 0 Å². The molecule has 0 aromatic carbocycles. The number of carbonyl (C=O) groups excluding carboxylic acids is 4. The van der Waals surface area contributed by atoms with Gasteiger partial charge in [0.15, 0.2) is 18.2 Å². The number of allylic oxidation sites excluding steroid dienone is 4. The zero-order chi connectivity index (χ0) is 55.9. The Balaban J connectivity index is 1.27. The minimum absolute atomic E-state index is 0.129. The minimum atomic E-state index is -1.84. The van der Waals surface area contributed by atoms with Gasteiger partial charge in [0.2, 0.25) is 0 Å². The Morgan fingerprint density at radius 3 is 2.25 bits per heavy atom. The highest BCUT2D eigenvalue weighted by Crippen LogP contribution is 2.60. The van der Waals surface area contributed by atoms with E-state index in [4.69, 9.17) is 23.7 Å². The Morgan fingerprint density at radius 2 is 1.61 bits per heavy atom. The summed E-state index contributed by atoms with van der Waals surface area (Å²) in [6, 6.07) is -0.989. The molecule has 2 saturated heterocycles. The van der Waals surface area contributed by atoms with E-state index in [1.54, 1.807) is 33.3 Å². The molecule has 14 nitrogen and oxygen atoms in total. The maximum Gasteiger partial charge on any atom is 0.316 e. The van der Waals surface area contributed by atoms with Gasteiger partial charge in [0.25, 0.3) is 0 Å². The van der Waals surface area contributed by atoms with Crippen LogP contribution >= 0.6 is 0 Å². The van der Waals surface area contributed by atoms with Crippen LogP contribution in [0.15, 0.2) is 35.5 Å². The molecule has 3 unspecified atom stereocenters. The van der Waals surface area contributed by atoms with E-state index < -0.39 is 89.5 Å². The quantitative estimate of drug-likeness (QED) is 0.0801. The van der Waals surface area contributed by atoms with Crippen LogP contribution in [0.4, 0.5) is 0 Å². The summed E-state index contributed by atoms with van der Waals surface area (Å²) >= 11 is 0. The summed E-state index contributed by atoms with van der Waals surface area (Å²) in [4.78, 5) is 59.2. The van der Waals surface area contributed by atoms with Crippen molar-refractivity contribution in [3.8, 4) is 0 Å². The summed E-state index contributed by atoms with van der Waals surface area (Å²) < 4.78 is 31.2. The molecule has 75 heavy (non-hydrogen) atoms. The van der Waals surface area contributed by atoms with Crippen molar-refractivity contribution in [3.05, 3.63) is 35.5 Å². The molecule has 18 atom stereocenters. The van der Waals surface area contributed by atoms with E-state index in [9.17, 15) is 34.5 Å². The summed E-state index contributed by atoms with van der Waals surface area (Å²) in [5.41, 5.74) is 0.542. The molecule has 3 aliphatic carbocycles. The fourth-order valence-electron chi connectivity index (χ4n) is 14.1. The van der Waals surface area contributed by atoms with Gasteiger partial charge in [-0.3, -0.25) is 19.2 Å². The number of Topliss-reactive ketones (excluding diaryl/α,β-unsaturated/α-hetero) is 1. The second-order valence-electron chi connectivity index (χ2n) is 25.6. The van der Waals surface area contributed by atoms with E-state index in [1.807, 2.05) is 44.8 Å². The van der Waals surface area contributed by atoms with Crippen molar-refractivity contribution in [2.75, 3.05) is 27.7 Å². The Morgan fingerprint density at radius 1 is 0.947 bits per heavy atom. The third-order valence-corrected chi connectivity index (χ3v) is 18.7. The second-order valence-corrected chi connectivity index (χ2v) is 25.6. The SMILES string of the molecule is C=C1CC[C@@H](OC(=O)CCC(=O)O[C@H]2[C@H](O[C@@H]3[C@@H](C)C(=O)[C@@H](C)C(=O)O[C@H](CC)[C@@](C)(O)[C@H](O)[C@@H](C)N(C)C[C@H](C)C[C@@]3(C)O)O[C@H](C)C[C@@H]2N(C)C)C/C1=C/C=C1\CCCC2(C)C1CCC2[C@@H](C)CCCC(C)C. The summed E-state index contributed by atoms with van der Waals surface area (Å²) in [5, 5.41) is 35.5. The second kappa shape index (κ2) is 26.8. The summed E-state index contributed by atoms with van der Waals surface area (Å²) in [7, 11) is 5.53. The van der Waals surface area contributed by atoms with E-state index >= 15 is 0 Å². The summed E-state index contributed by atoms with van der Waals surface area (Å²) in [6.07, 6.45) is 10.3. The number of hydrogen-bond acceptors (Lipinski definition) is 14. The zero-order valence-corrected chi connectivity index (χ0v) is 49.0. The van der Waals surface area contributed by atoms with Crippen LogP contribution in [0, 0.1) is 46.8 Å². The highest BCUT2D eigenvalue weighted by molar-refractivity contribution is 6.00. The van der Waals surface area contributed by atoms with Crippen molar-refractivity contribution < 1.29 is 58.2 Å². The Bertz CT molecular complexity index is 2010. The molecule has 3 saturated carbocycles. The molecule has 0 aromatic rings. The molecular formula is C61H102N2O12. The number of rotatable bonds is 15. The van der Waals surface area contributed by atoms with Crippen LogP contribution in [0.5, 0.6) is 0 Å². The van der Waals surface area contributed by atoms with Crippen LogP contribution < -0.4 is 0 Å². The van der Waals surface area contributed by atoms with Crippen molar-refractivity contribution in [1.82, 2.24) is 9.80 Å². The number of ether oxygens (including phenoxy) is 5. The van der Waals surface area contributed by atoms with Crippen molar-refractivity contribution in [1.29, 1.82) is 0 Å². The number of aliphatic hydroxyl groups is 3. The number of ketones is 1. The maximum absolute atomic E-state index is 14.4. The van der Waals surface area contributed by atoms with Gasteiger partial charge in [-0.2, -0.15) is 0 Å². The molecule has 0 radical (unpaired) electrons. The van der Waals surface area contributed by atoms with Crippen molar-refractivity contribution in [3.63, 3.8) is 0 Å². The number of esters is 3. The molecule has 5 aliphatic rings. The first-order valence-corrected chi connectivity index (χ1v) is 29.0. The topological polar surface area (TPSA) is 182 Å². The first-order chi connectivity index (χ1) is 35.0. The van der Waals surface area contributed by atoms with Crippen molar-refractivity contribution >= 4 is 23.7 Å². The van der Waals surface area contributed by atoms with Gasteiger partial charge < -0.3 is 48.8 Å². The van der Waals surface area contributed by atoms with Crippen LogP contribution in [0.2, 0.25) is 0 Å². The van der Waals surface area contributed by atoms with Gasteiger partial charge in [0.1, 0.15) is 29.8 Å². The van der Waals surface area contributed by atoms with Crippen LogP contribution in [-0.4, -0.2) is 143 Å². The zero-order valence-electron chi connectivity index (χ0n) is 49.0. The molecule has 2 aliphatic heterocycles. The third-order valence-electron chi connectivity index (χ3n) is 18.7. The summed E-state index contributed by atoms with van der Waals surface area (Å²) in [5.74, 6) is -2.39. The Kier molecular flexibility index (Phi) is 22.4. The Hall–Kier alpha value is -2.98. The molecule has 428 valence electrons. The van der Waals surface area contributed by atoms with Crippen LogP contribution in [0.25, 0.3) is 0 Å². The molecule has 2 heterocycles. The predicted molar refractivity (Wildman–Crippen MR) is 292 cm³/mol. The normalized spacial score (nSPS) is 40.5. The molecule has 0 amide bonds. The van der Waals surface area contributed by atoms with Gasteiger partial charge in [0.05, 0.1) is 36.7 Å². The number of fused-ring (bicyclic) bond motifs is 1. The smallest absolute Gasteiger partial charge is 0.316 e. The highest BCUT2D eigenvalue weighted by atomic mass is 16.7. The average molecular weight is 1060 g/mol. The Labute approximate surface area is 452 Å². The molecule has 5 rings (SSSR count). The molecule has 5 fully saturated rings. The molecule has 14 heteroatoms. The number of hydrogen-bond donors (Lipinski definition) is 3. The van der Waals surface area contributed by atoms with E-state index in [0.717, 1.165) is 41.7 Å². The van der Waals surface area contributed by atoms with E-state index in [1.165, 1.54) is 58.8 Å². The average Bonchev–Trinajstić information content (AvgIpc) is 3.70. The lowest BCUT2D eigenvalue weighted by Gasteiger charge is -2.46. The standard InChI is InChI=1S/C61H102N2O12/c1-17-50-61(13,70)55(67)43(10)63(16)35-37(4)34-60(12,69)56(41(8)53(66)42(9)57(68)73-50)75-58-54(49(62(14)15)32-40(7)71-58)74-52(65)30-29-51(64)72-46-26-23-38(5)45(33-46)25-24-44-22-19-31-59(11)47(27-28-48(44)59)39(6)21-18-20-36(2)3/h24-25,36-37,39-43,46-50,54-56,58,67,69-70H,5,17-23,26-35H2,1-4,6-16H3/b44-24+,45-25-/t37-,39+,40-,41+,42-,43-,46-,47?,48?,49+,50-,54-,55-,56-,58+,59?,60-,61-/m1/s1. The predicted octanol–water partition coefficient (Wildman–Crippen LogP) is 9.70. The van der Waals surface area contributed by atoms with Gasteiger partial charge >= 0.3 is 17.9 Å². The monoisotopic (exact) mass is 1050 g/mol. The lowest BCUT2D eigenvalue weighted by atomic mass is 9.60. The number of aliphatic hydroxyl groups excluding tert-OH is 1. The highest BCUT2D eigenvalue weighted by Gasteiger charge is 2.52. The van der Waals surface area contributed by atoms with Crippen LogP contribution in [0.3, 0.4) is 0 Å². The first kappa shape index (κ1) is 62.9. The van der Waals surface area contributed by atoms with Crippen LogP contribution in [0.1, 0.15) is 186 Å². The maximum atomic E-state index is 14.4. The number of likely N-dealkylation sites (N-methyl/N-ethyl adjacent to an activating group) is 2. The fraction of sp³-hybridized carbons (Fsp3) is 0.836.